The number of aryl methyl sites for hydroxylation is 2. The molecular formula is C20H24BrNO. The van der Waals surface area contributed by atoms with Crippen LogP contribution in [0.25, 0.3) is 0 Å². The summed E-state index contributed by atoms with van der Waals surface area (Å²) in [6.45, 7) is 4.18. The monoisotopic (exact) mass is 373 g/mol. The molecule has 0 saturated heterocycles. The standard InChI is InChI=1S/C20H24BrNO/c1-11-9-14(21)10-12(2)18(11)22-19-15-7-3-5-13-6-4-8-16(17(13)15)20(19)23/h9-10,13,15-17H,3-8H2,1-2H3. The van der Waals surface area contributed by atoms with Crippen molar-refractivity contribution in [3.05, 3.63) is 27.7 Å². The first-order valence-corrected chi connectivity index (χ1v) is 9.75. The number of Topliss-reactive ketones (excluding diaryl/α,β-unsaturated/α-hetero) is 1. The van der Waals surface area contributed by atoms with E-state index >= 15 is 0 Å². The highest BCUT2D eigenvalue weighted by Crippen LogP contribution is 2.52. The minimum absolute atomic E-state index is 0.272. The number of carbonyl (C=O) groups excluding carboxylic acids is 1. The fourth-order valence-electron chi connectivity index (χ4n) is 5.39. The Bertz CT molecular complexity index is 668. The molecule has 2 nitrogen and oxygen atoms in total. The number of benzene rings is 1. The van der Waals surface area contributed by atoms with Gasteiger partial charge >= 0.3 is 0 Å². The normalized spacial score (nSPS) is 34.7. The molecule has 4 rings (SSSR count). The topological polar surface area (TPSA) is 29.4 Å². The molecule has 3 heteroatoms. The van der Waals surface area contributed by atoms with Crippen LogP contribution in [0, 0.1) is 37.5 Å². The van der Waals surface area contributed by atoms with Crippen molar-refractivity contribution < 1.29 is 4.79 Å². The summed E-state index contributed by atoms with van der Waals surface area (Å²) in [4.78, 5) is 18.0. The third kappa shape index (κ3) is 2.52. The molecule has 3 fully saturated rings. The third-order valence-corrected chi connectivity index (χ3v) is 6.74. The van der Waals surface area contributed by atoms with Crippen molar-refractivity contribution >= 4 is 33.1 Å². The van der Waals surface area contributed by atoms with Gasteiger partial charge in [0.05, 0.1) is 11.4 Å². The molecule has 3 aliphatic rings. The van der Waals surface area contributed by atoms with Crippen LogP contribution in [0.4, 0.5) is 5.69 Å². The van der Waals surface area contributed by atoms with Crippen molar-refractivity contribution in [3.8, 4) is 0 Å². The van der Waals surface area contributed by atoms with Crippen LogP contribution in [0.1, 0.15) is 49.7 Å². The molecule has 3 saturated carbocycles. The molecule has 0 spiro atoms. The van der Waals surface area contributed by atoms with E-state index in [9.17, 15) is 4.79 Å². The van der Waals surface area contributed by atoms with Crippen LogP contribution in [0.2, 0.25) is 0 Å². The Balaban J connectivity index is 1.78. The van der Waals surface area contributed by atoms with Crippen LogP contribution in [-0.4, -0.2) is 11.5 Å². The highest BCUT2D eigenvalue weighted by molar-refractivity contribution is 9.10. The molecule has 0 N–H and O–H groups in total. The van der Waals surface area contributed by atoms with E-state index in [0.717, 1.165) is 45.8 Å². The first kappa shape index (κ1) is 15.6. The average Bonchev–Trinajstić information content (AvgIpc) is 2.78. The van der Waals surface area contributed by atoms with Crippen LogP contribution in [0.15, 0.2) is 21.6 Å². The smallest absolute Gasteiger partial charge is 0.180 e. The minimum atomic E-state index is 0.272. The number of hydrogen-bond donors (Lipinski definition) is 0. The molecule has 3 aliphatic carbocycles. The zero-order valence-electron chi connectivity index (χ0n) is 13.9. The Morgan fingerprint density at radius 3 is 2.26 bits per heavy atom. The van der Waals surface area contributed by atoms with Crippen molar-refractivity contribution in [2.45, 2.75) is 52.4 Å². The summed E-state index contributed by atoms with van der Waals surface area (Å²) in [5, 5.41) is 0. The van der Waals surface area contributed by atoms with E-state index in [1.54, 1.807) is 0 Å². The first-order chi connectivity index (χ1) is 11.1. The molecule has 0 bridgehead atoms. The van der Waals surface area contributed by atoms with Crippen molar-refractivity contribution in [2.24, 2.45) is 28.7 Å². The van der Waals surface area contributed by atoms with Gasteiger partial charge in [0.1, 0.15) is 0 Å². The van der Waals surface area contributed by atoms with Gasteiger partial charge < -0.3 is 0 Å². The molecule has 0 heterocycles. The zero-order chi connectivity index (χ0) is 16.1. The summed E-state index contributed by atoms with van der Waals surface area (Å²) in [5.41, 5.74) is 4.22. The van der Waals surface area contributed by atoms with Gasteiger partial charge in [-0.3, -0.25) is 4.79 Å². The second kappa shape index (κ2) is 5.84. The maximum atomic E-state index is 13.0. The Morgan fingerprint density at radius 1 is 1.00 bits per heavy atom. The molecule has 1 aromatic carbocycles. The maximum Gasteiger partial charge on any atom is 0.180 e. The van der Waals surface area contributed by atoms with Gasteiger partial charge in [-0.2, -0.15) is 0 Å². The molecule has 0 amide bonds. The van der Waals surface area contributed by atoms with Crippen LogP contribution in [0.5, 0.6) is 0 Å². The number of hydrogen-bond acceptors (Lipinski definition) is 2. The van der Waals surface area contributed by atoms with Gasteiger partial charge in [0.2, 0.25) is 0 Å². The molecular weight excluding hydrogens is 350 g/mol. The van der Waals surface area contributed by atoms with Gasteiger partial charge in [0, 0.05) is 16.3 Å². The van der Waals surface area contributed by atoms with Gasteiger partial charge in [-0.25, -0.2) is 4.99 Å². The SMILES string of the molecule is Cc1cc(Br)cc(C)c1N=C1C(=O)C2CCCC3CCCC1C32. The zero-order valence-corrected chi connectivity index (χ0v) is 15.5. The molecule has 4 atom stereocenters. The highest BCUT2D eigenvalue weighted by atomic mass is 79.9. The third-order valence-electron chi connectivity index (χ3n) is 6.28. The summed E-state index contributed by atoms with van der Waals surface area (Å²) in [6.07, 6.45) is 7.41. The van der Waals surface area contributed by atoms with E-state index in [-0.39, 0.29) is 5.92 Å². The molecule has 0 aromatic heterocycles. The maximum absolute atomic E-state index is 13.0. The molecule has 122 valence electrons. The lowest BCUT2D eigenvalue weighted by atomic mass is 9.65. The number of nitrogens with zero attached hydrogens (tertiary/aromatic N) is 1. The summed E-state index contributed by atoms with van der Waals surface area (Å²) < 4.78 is 1.08. The number of aliphatic imine (C=N–C) groups is 1. The van der Waals surface area contributed by atoms with Crippen molar-refractivity contribution in [1.29, 1.82) is 0 Å². The van der Waals surface area contributed by atoms with Crippen molar-refractivity contribution in [2.75, 3.05) is 0 Å². The van der Waals surface area contributed by atoms with Crippen LogP contribution in [-0.2, 0) is 4.79 Å². The Kier molecular flexibility index (Phi) is 3.95. The van der Waals surface area contributed by atoms with Crippen LogP contribution >= 0.6 is 15.9 Å². The van der Waals surface area contributed by atoms with E-state index in [1.807, 2.05) is 0 Å². The molecule has 23 heavy (non-hydrogen) atoms. The lowest BCUT2D eigenvalue weighted by Gasteiger charge is -2.39. The van der Waals surface area contributed by atoms with Crippen LogP contribution < -0.4 is 0 Å². The Hall–Kier alpha value is -0.960. The highest BCUT2D eigenvalue weighted by Gasteiger charge is 2.52. The predicted octanol–water partition coefficient (Wildman–Crippen LogP) is 5.55. The minimum Gasteiger partial charge on any atom is -0.292 e. The van der Waals surface area contributed by atoms with Gasteiger partial charge in [-0.15, -0.1) is 0 Å². The first-order valence-electron chi connectivity index (χ1n) is 8.96. The number of rotatable bonds is 1. The second-order valence-corrected chi connectivity index (χ2v) is 8.58. The van der Waals surface area contributed by atoms with E-state index in [1.165, 1.54) is 25.7 Å². The summed E-state index contributed by atoms with van der Waals surface area (Å²) in [5.74, 6) is 2.44. The quantitative estimate of drug-likeness (QED) is 0.633. The van der Waals surface area contributed by atoms with Crippen LogP contribution in [0.3, 0.4) is 0 Å². The van der Waals surface area contributed by atoms with E-state index in [2.05, 4.69) is 41.9 Å². The molecule has 0 radical (unpaired) electrons. The summed E-state index contributed by atoms with van der Waals surface area (Å²) >= 11 is 3.55. The Morgan fingerprint density at radius 2 is 1.61 bits per heavy atom. The van der Waals surface area contributed by atoms with E-state index in [0.29, 0.717) is 17.6 Å². The van der Waals surface area contributed by atoms with E-state index in [4.69, 9.17) is 4.99 Å². The number of carbonyl (C=O) groups is 1. The average molecular weight is 374 g/mol. The second-order valence-electron chi connectivity index (χ2n) is 7.66. The lowest BCUT2D eigenvalue weighted by Crippen LogP contribution is -2.33. The molecule has 0 aliphatic heterocycles. The van der Waals surface area contributed by atoms with E-state index < -0.39 is 0 Å². The predicted molar refractivity (Wildman–Crippen MR) is 97.4 cm³/mol. The van der Waals surface area contributed by atoms with Crippen molar-refractivity contribution in [3.63, 3.8) is 0 Å². The fourth-order valence-corrected chi connectivity index (χ4v) is 6.07. The summed E-state index contributed by atoms with van der Waals surface area (Å²) in [6, 6.07) is 4.20. The summed E-state index contributed by atoms with van der Waals surface area (Å²) in [7, 11) is 0. The number of halogens is 1. The van der Waals surface area contributed by atoms with Crippen molar-refractivity contribution in [1.82, 2.24) is 0 Å². The molecule has 4 unspecified atom stereocenters. The largest absolute Gasteiger partial charge is 0.292 e. The van der Waals surface area contributed by atoms with Gasteiger partial charge in [0.15, 0.2) is 5.78 Å². The lowest BCUT2D eigenvalue weighted by molar-refractivity contribution is -0.118. The Labute approximate surface area is 146 Å². The van der Waals surface area contributed by atoms with Gasteiger partial charge in [-0.05, 0) is 61.8 Å². The number of ketones is 1. The van der Waals surface area contributed by atoms with Gasteiger partial charge in [0.25, 0.3) is 0 Å². The molecule has 1 aromatic rings. The fraction of sp³-hybridized carbons (Fsp3) is 0.600. The van der Waals surface area contributed by atoms with Gasteiger partial charge in [-0.1, -0.05) is 41.6 Å².